The monoisotopic (exact) mass is 841 g/mol. The quantitative estimate of drug-likeness (QED) is 0.162. The number of fused-ring (bicyclic) bond motifs is 5. The molecule has 300 valence electrons. The van der Waals surface area contributed by atoms with E-state index in [9.17, 15) is 0 Å². The molecule has 0 aliphatic rings. The maximum absolute atomic E-state index is 5.12. The zero-order valence-electron chi connectivity index (χ0n) is 35.0. The molecule has 0 unspecified atom stereocenters. The summed E-state index contributed by atoms with van der Waals surface area (Å²) in [7, 11) is 0. The lowest BCUT2D eigenvalue weighted by molar-refractivity contribution is 1.07. The summed E-state index contributed by atoms with van der Waals surface area (Å²) in [5.74, 6) is 1.95. The first-order valence-corrected chi connectivity index (χ1v) is 22.9. The number of benzene rings is 11. The number of hydrogen-bond acceptors (Lipinski definition) is 4. The molecular weight excluding hydrogens is 807 g/mol. The Morgan fingerprint density at radius 1 is 0.231 bits per heavy atom. The van der Waals surface area contributed by atoms with Crippen molar-refractivity contribution in [3.8, 4) is 56.4 Å². The molecule has 2 aromatic heterocycles. The van der Waals surface area contributed by atoms with Gasteiger partial charge in [0.05, 0.1) is 0 Å². The van der Waals surface area contributed by atoms with Gasteiger partial charge in [-0.15, -0.1) is 11.3 Å². The van der Waals surface area contributed by atoms with Crippen molar-refractivity contribution < 1.29 is 0 Å². The van der Waals surface area contributed by atoms with Crippen LogP contribution in [0.25, 0.3) is 141 Å². The summed E-state index contributed by atoms with van der Waals surface area (Å²) < 4.78 is 2.53. The van der Waals surface area contributed by atoms with E-state index >= 15 is 0 Å². The van der Waals surface area contributed by atoms with Gasteiger partial charge < -0.3 is 0 Å². The average Bonchev–Trinajstić information content (AvgIpc) is 3.75. The minimum atomic E-state index is 0.644. The summed E-state index contributed by atoms with van der Waals surface area (Å²) in [6.07, 6.45) is 0. The second-order valence-electron chi connectivity index (χ2n) is 17.1. The van der Waals surface area contributed by atoms with Crippen LogP contribution in [0.3, 0.4) is 0 Å². The molecule has 0 N–H and O–H groups in total. The van der Waals surface area contributed by atoms with Crippen LogP contribution in [0.5, 0.6) is 0 Å². The van der Waals surface area contributed by atoms with E-state index in [-0.39, 0.29) is 0 Å². The molecule has 12 aromatic carbocycles. The zero-order valence-corrected chi connectivity index (χ0v) is 35.8. The first-order valence-electron chi connectivity index (χ1n) is 22.1. The van der Waals surface area contributed by atoms with Gasteiger partial charge in [0.1, 0.15) is 0 Å². The average molecular weight is 842 g/mol. The summed E-state index contributed by atoms with van der Waals surface area (Å²) in [5.41, 5.74) is 7.51. The van der Waals surface area contributed by atoms with Crippen molar-refractivity contribution in [2.45, 2.75) is 0 Å². The Bertz CT molecular complexity index is 4220. The van der Waals surface area contributed by atoms with E-state index in [0.717, 1.165) is 27.8 Å². The summed E-state index contributed by atoms with van der Waals surface area (Å²) in [6.45, 7) is 0. The van der Waals surface area contributed by atoms with Crippen LogP contribution in [-0.4, -0.2) is 15.0 Å². The van der Waals surface area contributed by atoms with Crippen LogP contribution >= 0.6 is 11.3 Å². The number of thiophene rings is 1. The molecule has 0 saturated carbocycles. The van der Waals surface area contributed by atoms with Gasteiger partial charge in [0.25, 0.3) is 0 Å². The zero-order chi connectivity index (χ0) is 42.6. The van der Waals surface area contributed by atoms with Gasteiger partial charge in [-0.2, -0.15) is 0 Å². The number of rotatable bonds is 5. The fraction of sp³-hybridized carbons (Fsp3) is 0. The highest BCUT2D eigenvalue weighted by atomic mass is 32.1. The van der Waals surface area contributed by atoms with E-state index in [1.165, 1.54) is 95.9 Å². The summed E-state index contributed by atoms with van der Waals surface area (Å²) in [6, 6.07) is 77.2. The van der Waals surface area contributed by atoms with Crippen LogP contribution in [0, 0.1) is 0 Å². The fourth-order valence-corrected chi connectivity index (χ4v) is 11.4. The predicted molar refractivity (Wildman–Crippen MR) is 276 cm³/mol. The Morgan fingerprint density at radius 2 is 0.677 bits per heavy atom. The van der Waals surface area contributed by atoms with Crippen LogP contribution in [0.2, 0.25) is 0 Å². The molecule has 4 heteroatoms. The Labute approximate surface area is 377 Å². The molecule has 0 saturated heterocycles. The van der Waals surface area contributed by atoms with Gasteiger partial charge in [-0.25, -0.2) is 15.0 Å². The lowest BCUT2D eigenvalue weighted by Gasteiger charge is -2.17. The highest BCUT2D eigenvalue weighted by Crippen LogP contribution is 2.45. The Kier molecular flexibility index (Phi) is 7.85. The molecule has 0 spiro atoms. The molecule has 65 heavy (non-hydrogen) atoms. The van der Waals surface area contributed by atoms with Gasteiger partial charge in [-0.05, 0) is 129 Å². The van der Waals surface area contributed by atoms with Crippen molar-refractivity contribution in [2.75, 3.05) is 0 Å². The van der Waals surface area contributed by atoms with Crippen molar-refractivity contribution in [3.05, 3.63) is 212 Å². The van der Waals surface area contributed by atoms with Gasteiger partial charge >= 0.3 is 0 Å². The summed E-state index contributed by atoms with van der Waals surface area (Å²) in [5, 5.41) is 17.9. The van der Waals surface area contributed by atoms with Crippen LogP contribution < -0.4 is 0 Å². The minimum Gasteiger partial charge on any atom is -0.208 e. The van der Waals surface area contributed by atoms with Gasteiger partial charge in [0, 0.05) is 36.9 Å². The normalized spacial score (nSPS) is 12.0. The molecule has 0 fully saturated rings. The second-order valence-corrected chi connectivity index (χ2v) is 18.2. The molecule has 0 bridgehead atoms. The first kappa shape index (κ1) is 36.2. The molecule has 14 rings (SSSR count). The van der Waals surface area contributed by atoms with Gasteiger partial charge in [-0.1, -0.05) is 170 Å². The van der Waals surface area contributed by atoms with Crippen LogP contribution in [-0.2, 0) is 0 Å². The third-order valence-electron chi connectivity index (χ3n) is 13.4. The van der Waals surface area contributed by atoms with Crippen molar-refractivity contribution in [2.24, 2.45) is 0 Å². The standard InChI is InChI=1S/C61H35N3S/c1-2-10-40(11-3-1)59-62-60(64-61(63-59)45-30-31-54-51(34-45)47-17-4-5-21-53(47)65-54)41-27-22-36(23-28-41)42-15-6-16-43(32-42)46-33-44-29-26-39-13-8-19-49-48-18-7-12-37-24-25-38-14-9-20-50(57(38)55(37)48)52(35-46)58(44)56(39)49/h1-35H. The van der Waals surface area contributed by atoms with E-state index in [0.29, 0.717) is 17.5 Å². The molecule has 14 aromatic rings. The van der Waals surface area contributed by atoms with Gasteiger partial charge in [0.15, 0.2) is 17.5 Å². The molecule has 3 nitrogen and oxygen atoms in total. The maximum Gasteiger partial charge on any atom is 0.164 e. The highest BCUT2D eigenvalue weighted by molar-refractivity contribution is 7.25. The smallest absolute Gasteiger partial charge is 0.164 e. The van der Waals surface area contributed by atoms with Crippen LogP contribution in [0.4, 0.5) is 0 Å². The van der Waals surface area contributed by atoms with Crippen molar-refractivity contribution in [1.82, 2.24) is 15.0 Å². The summed E-state index contributed by atoms with van der Waals surface area (Å²) in [4.78, 5) is 15.2. The molecule has 0 amide bonds. The Hall–Kier alpha value is -8.31. The topological polar surface area (TPSA) is 38.7 Å². The van der Waals surface area contributed by atoms with Crippen molar-refractivity contribution in [3.63, 3.8) is 0 Å². The van der Waals surface area contributed by atoms with Gasteiger partial charge in [-0.3, -0.25) is 0 Å². The lowest BCUT2D eigenvalue weighted by atomic mass is 9.86. The molecule has 0 radical (unpaired) electrons. The SMILES string of the molecule is c1ccc(-c2nc(-c3ccc(-c4cccc(-c5cc6ccc7cccc8c9cccc%10ccc%11cccc(c(c5)c6c78)c%11c%109)c4)cc3)nc(-c3ccc4sc5ccccc5c4c3)n2)cc1. The van der Waals surface area contributed by atoms with E-state index in [4.69, 9.17) is 15.0 Å². The largest absolute Gasteiger partial charge is 0.208 e. The first-order chi connectivity index (χ1) is 32.2. The molecule has 0 atom stereocenters. The van der Waals surface area contributed by atoms with Crippen LogP contribution in [0.1, 0.15) is 0 Å². The van der Waals surface area contributed by atoms with E-state index in [1.807, 2.05) is 29.5 Å². The van der Waals surface area contributed by atoms with Gasteiger partial charge in [0.2, 0.25) is 0 Å². The summed E-state index contributed by atoms with van der Waals surface area (Å²) >= 11 is 1.81. The second kappa shape index (κ2) is 14.1. The minimum absolute atomic E-state index is 0.644. The maximum atomic E-state index is 5.12. The number of hydrogen-bond donors (Lipinski definition) is 0. The molecule has 2 heterocycles. The van der Waals surface area contributed by atoms with E-state index in [1.54, 1.807) is 0 Å². The third kappa shape index (κ3) is 5.71. The lowest BCUT2D eigenvalue weighted by Crippen LogP contribution is -2.00. The van der Waals surface area contributed by atoms with E-state index in [2.05, 4.69) is 194 Å². The van der Waals surface area contributed by atoms with E-state index < -0.39 is 0 Å². The van der Waals surface area contributed by atoms with Crippen molar-refractivity contribution >= 4 is 96.1 Å². The molecular formula is C61H35N3S. The van der Waals surface area contributed by atoms with Crippen molar-refractivity contribution in [1.29, 1.82) is 0 Å². The fourth-order valence-electron chi connectivity index (χ4n) is 10.4. The number of aromatic nitrogens is 3. The third-order valence-corrected chi connectivity index (χ3v) is 14.6. The Morgan fingerprint density at radius 3 is 1.35 bits per heavy atom. The Balaban J connectivity index is 0.894. The van der Waals surface area contributed by atoms with Crippen LogP contribution in [0.15, 0.2) is 212 Å². The predicted octanol–water partition coefficient (Wildman–Crippen LogP) is 16.9. The highest BCUT2D eigenvalue weighted by Gasteiger charge is 2.18. The number of nitrogens with zero attached hydrogens (tertiary/aromatic N) is 3. The molecule has 0 aliphatic carbocycles. The molecule has 0 aliphatic heterocycles.